The highest BCUT2D eigenvalue weighted by atomic mass is 16.5. The van der Waals surface area contributed by atoms with Crippen molar-refractivity contribution in [2.24, 2.45) is 11.1 Å². The first kappa shape index (κ1) is 16.9. The van der Waals surface area contributed by atoms with Gasteiger partial charge >= 0.3 is 0 Å². The molecule has 0 aliphatic heterocycles. The van der Waals surface area contributed by atoms with E-state index in [0.717, 1.165) is 19.7 Å². The lowest BCUT2D eigenvalue weighted by Gasteiger charge is -2.41. The predicted molar refractivity (Wildman–Crippen MR) is 82.4 cm³/mol. The molecule has 0 amide bonds. The Hall–Kier alpha value is -0.120. The number of likely N-dealkylation sites (N-methyl/N-ethyl adjacent to an activating group) is 1. The average Bonchev–Trinajstić information content (AvgIpc) is 2.48. The number of rotatable bonds is 6. The standard InChI is InChI=1S/C16H34N2O/c1-14(2)19-12-11-18(5)16(13-17)8-6-7-15(3,4)9-10-16/h14H,6-13,17H2,1-5H3. The van der Waals surface area contributed by atoms with Crippen molar-refractivity contribution in [3.05, 3.63) is 0 Å². The topological polar surface area (TPSA) is 38.5 Å². The molecule has 0 aromatic rings. The van der Waals surface area contributed by atoms with Crippen LogP contribution < -0.4 is 5.73 Å². The van der Waals surface area contributed by atoms with E-state index in [1.54, 1.807) is 0 Å². The fraction of sp³-hybridized carbons (Fsp3) is 1.00. The van der Waals surface area contributed by atoms with Gasteiger partial charge in [0.25, 0.3) is 0 Å². The van der Waals surface area contributed by atoms with E-state index >= 15 is 0 Å². The Morgan fingerprint density at radius 3 is 2.42 bits per heavy atom. The first-order valence-electron chi connectivity index (χ1n) is 7.84. The van der Waals surface area contributed by atoms with Gasteiger partial charge in [-0.25, -0.2) is 0 Å². The first-order chi connectivity index (χ1) is 8.81. The van der Waals surface area contributed by atoms with Crippen LogP contribution in [0, 0.1) is 5.41 Å². The molecule has 1 saturated carbocycles. The maximum Gasteiger partial charge on any atom is 0.0597 e. The van der Waals surface area contributed by atoms with Crippen LogP contribution in [0.25, 0.3) is 0 Å². The van der Waals surface area contributed by atoms with E-state index in [0.29, 0.717) is 11.5 Å². The summed E-state index contributed by atoms with van der Waals surface area (Å²) in [7, 11) is 2.22. The van der Waals surface area contributed by atoms with Crippen LogP contribution in [0.1, 0.15) is 59.8 Å². The number of ether oxygens (including phenoxy) is 1. The van der Waals surface area contributed by atoms with Crippen LogP contribution in [0.2, 0.25) is 0 Å². The third kappa shape index (κ3) is 5.05. The average molecular weight is 270 g/mol. The summed E-state index contributed by atoms with van der Waals surface area (Å²) < 4.78 is 5.68. The minimum absolute atomic E-state index is 0.189. The van der Waals surface area contributed by atoms with Gasteiger partial charge in [0.05, 0.1) is 12.7 Å². The van der Waals surface area contributed by atoms with Gasteiger partial charge in [0.15, 0.2) is 0 Å². The second-order valence-corrected chi connectivity index (χ2v) is 7.29. The number of nitrogens with zero attached hydrogens (tertiary/aromatic N) is 1. The van der Waals surface area contributed by atoms with Crippen molar-refractivity contribution < 1.29 is 4.74 Å². The zero-order valence-electron chi connectivity index (χ0n) is 13.7. The summed E-state index contributed by atoms with van der Waals surface area (Å²) in [6.07, 6.45) is 6.65. The molecule has 114 valence electrons. The Bertz CT molecular complexity index is 265. The van der Waals surface area contributed by atoms with Crippen LogP contribution in [-0.2, 0) is 4.74 Å². The van der Waals surface area contributed by atoms with Crippen molar-refractivity contribution in [2.75, 3.05) is 26.7 Å². The molecule has 1 rings (SSSR count). The molecule has 1 atom stereocenters. The minimum Gasteiger partial charge on any atom is -0.377 e. The summed E-state index contributed by atoms with van der Waals surface area (Å²) >= 11 is 0. The highest BCUT2D eigenvalue weighted by Gasteiger charge is 2.37. The van der Waals surface area contributed by atoms with E-state index in [1.165, 1.54) is 32.1 Å². The molecule has 1 fully saturated rings. The minimum atomic E-state index is 0.189. The normalized spacial score (nSPS) is 27.8. The van der Waals surface area contributed by atoms with Gasteiger partial charge < -0.3 is 10.5 Å². The molecule has 3 heteroatoms. The molecule has 0 radical (unpaired) electrons. The Morgan fingerprint density at radius 2 is 1.84 bits per heavy atom. The Balaban J connectivity index is 2.58. The third-order valence-corrected chi connectivity index (χ3v) is 4.83. The molecule has 1 unspecified atom stereocenters. The largest absolute Gasteiger partial charge is 0.377 e. The molecule has 0 bridgehead atoms. The molecule has 1 aliphatic rings. The molecule has 0 aromatic heterocycles. The van der Waals surface area contributed by atoms with Gasteiger partial charge in [-0.3, -0.25) is 4.90 Å². The van der Waals surface area contributed by atoms with Crippen molar-refractivity contribution in [3.63, 3.8) is 0 Å². The van der Waals surface area contributed by atoms with Crippen molar-refractivity contribution in [1.29, 1.82) is 0 Å². The zero-order valence-corrected chi connectivity index (χ0v) is 13.7. The fourth-order valence-corrected chi connectivity index (χ4v) is 3.12. The zero-order chi connectivity index (χ0) is 14.5. The summed E-state index contributed by atoms with van der Waals surface area (Å²) in [5.41, 5.74) is 6.81. The molecule has 2 N–H and O–H groups in total. The van der Waals surface area contributed by atoms with E-state index in [1.807, 2.05) is 0 Å². The highest BCUT2D eigenvalue weighted by Crippen LogP contribution is 2.39. The van der Waals surface area contributed by atoms with E-state index in [2.05, 4.69) is 39.6 Å². The molecular formula is C16H34N2O. The molecule has 3 nitrogen and oxygen atoms in total. The van der Waals surface area contributed by atoms with Crippen molar-refractivity contribution in [2.45, 2.75) is 71.4 Å². The number of hydrogen-bond donors (Lipinski definition) is 1. The summed E-state index contributed by atoms with van der Waals surface area (Å²) in [6.45, 7) is 11.5. The Labute approximate surface area is 119 Å². The van der Waals surface area contributed by atoms with Gasteiger partial charge in [-0.05, 0) is 52.0 Å². The maximum atomic E-state index is 6.15. The van der Waals surface area contributed by atoms with Crippen LogP contribution >= 0.6 is 0 Å². The first-order valence-corrected chi connectivity index (χ1v) is 7.84. The fourth-order valence-electron chi connectivity index (χ4n) is 3.12. The van der Waals surface area contributed by atoms with E-state index in [4.69, 9.17) is 10.5 Å². The lowest BCUT2D eigenvalue weighted by atomic mass is 9.83. The highest BCUT2D eigenvalue weighted by molar-refractivity contribution is 4.94. The van der Waals surface area contributed by atoms with Crippen molar-refractivity contribution in [1.82, 2.24) is 4.90 Å². The molecular weight excluding hydrogens is 236 g/mol. The van der Waals surface area contributed by atoms with Crippen molar-refractivity contribution >= 4 is 0 Å². The Kier molecular flexibility index (Phi) is 6.28. The molecule has 0 aromatic carbocycles. The lowest BCUT2D eigenvalue weighted by molar-refractivity contribution is 0.0288. The molecule has 0 spiro atoms. The van der Waals surface area contributed by atoms with Gasteiger partial charge in [-0.2, -0.15) is 0 Å². The van der Waals surface area contributed by atoms with Crippen LogP contribution in [0.3, 0.4) is 0 Å². The SMILES string of the molecule is CC(C)OCCN(C)C1(CN)CCCC(C)(C)CC1. The summed E-state index contributed by atoms with van der Waals surface area (Å²) in [4.78, 5) is 2.46. The maximum absolute atomic E-state index is 6.15. The lowest BCUT2D eigenvalue weighted by Crippen LogP contribution is -2.53. The van der Waals surface area contributed by atoms with Crippen molar-refractivity contribution in [3.8, 4) is 0 Å². The van der Waals surface area contributed by atoms with Gasteiger partial charge in [-0.1, -0.05) is 20.3 Å². The van der Waals surface area contributed by atoms with E-state index < -0.39 is 0 Å². The second kappa shape index (κ2) is 7.05. The molecule has 19 heavy (non-hydrogen) atoms. The summed E-state index contributed by atoms with van der Waals surface area (Å²) in [6, 6.07) is 0. The van der Waals surface area contributed by atoms with Crippen LogP contribution in [-0.4, -0.2) is 43.3 Å². The van der Waals surface area contributed by atoms with Gasteiger partial charge in [-0.15, -0.1) is 0 Å². The van der Waals surface area contributed by atoms with E-state index in [-0.39, 0.29) is 5.54 Å². The summed E-state index contributed by atoms with van der Waals surface area (Å²) in [5.74, 6) is 0. The van der Waals surface area contributed by atoms with Gasteiger partial charge in [0.1, 0.15) is 0 Å². The monoisotopic (exact) mass is 270 g/mol. The second-order valence-electron chi connectivity index (χ2n) is 7.29. The third-order valence-electron chi connectivity index (χ3n) is 4.83. The number of hydrogen-bond acceptors (Lipinski definition) is 3. The quantitative estimate of drug-likeness (QED) is 0.754. The number of nitrogens with two attached hydrogens (primary N) is 1. The molecule has 0 heterocycles. The van der Waals surface area contributed by atoms with Crippen LogP contribution in [0.15, 0.2) is 0 Å². The van der Waals surface area contributed by atoms with E-state index in [9.17, 15) is 0 Å². The molecule has 1 aliphatic carbocycles. The Morgan fingerprint density at radius 1 is 1.16 bits per heavy atom. The summed E-state index contributed by atoms with van der Waals surface area (Å²) in [5, 5.41) is 0. The van der Waals surface area contributed by atoms with Gasteiger partial charge in [0.2, 0.25) is 0 Å². The van der Waals surface area contributed by atoms with Crippen LogP contribution in [0.4, 0.5) is 0 Å². The molecule has 0 saturated heterocycles. The van der Waals surface area contributed by atoms with Crippen LogP contribution in [0.5, 0.6) is 0 Å². The smallest absolute Gasteiger partial charge is 0.0597 e. The predicted octanol–water partition coefficient (Wildman–Crippen LogP) is 3.03. The van der Waals surface area contributed by atoms with Gasteiger partial charge in [0, 0.05) is 18.6 Å².